The smallest absolute Gasteiger partial charge is 0.185 e. The average molecular weight is 288 g/mol. The zero-order chi connectivity index (χ0) is 14.4. The topological polar surface area (TPSA) is 33.2 Å². The first kappa shape index (κ1) is 14.7. The Morgan fingerprint density at radius 1 is 1.25 bits per heavy atom. The number of benzene rings is 1. The quantitative estimate of drug-likeness (QED) is 0.726. The lowest BCUT2D eigenvalue weighted by atomic mass is 10.1. The highest BCUT2D eigenvalue weighted by Gasteiger charge is 2.12. The normalized spacial score (nSPS) is 10.5. The third kappa shape index (κ3) is 3.67. The summed E-state index contributed by atoms with van der Waals surface area (Å²) in [5.74, 6) is 0.126. The van der Waals surface area contributed by atoms with E-state index >= 15 is 0 Å². The van der Waals surface area contributed by atoms with Crippen molar-refractivity contribution < 1.29 is 4.79 Å². The van der Waals surface area contributed by atoms with E-state index in [1.54, 1.807) is 11.3 Å². The molecule has 1 aromatic carbocycles. The molecule has 0 aliphatic carbocycles. The van der Waals surface area contributed by atoms with Gasteiger partial charge in [-0.2, -0.15) is 0 Å². The largest absolute Gasteiger partial charge is 0.348 e. The van der Waals surface area contributed by atoms with Gasteiger partial charge >= 0.3 is 0 Å². The van der Waals surface area contributed by atoms with Gasteiger partial charge in [0.15, 0.2) is 10.9 Å². The van der Waals surface area contributed by atoms with E-state index in [2.05, 4.69) is 23.7 Å². The molecule has 3 nitrogen and oxygen atoms in total. The van der Waals surface area contributed by atoms with Gasteiger partial charge in [-0.05, 0) is 13.3 Å². The minimum atomic E-state index is 0.126. The average Bonchev–Trinajstić information content (AvgIpc) is 2.94. The highest BCUT2D eigenvalue weighted by atomic mass is 32.1. The number of anilines is 1. The van der Waals surface area contributed by atoms with E-state index in [9.17, 15) is 4.79 Å². The summed E-state index contributed by atoms with van der Waals surface area (Å²) < 4.78 is 0. The molecule has 2 rings (SSSR count). The molecule has 1 aromatic heterocycles. The maximum absolute atomic E-state index is 12.1. The highest BCUT2D eigenvalue weighted by molar-refractivity contribution is 7.13. The molecule has 0 atom stereocenters. The first-order chi connectivity index (χ1) is 9.74. The van der Waals surface area contributed by atoms with Crippen molar-refractivity contribution in [3.05, 3.63) is 47.0 Å². The second-order valence-corrected chi connectivity index (χ2v) is 5.50. The van der Waals surface area contributed by atoms with Gasteiger partial charge in [-0.3, -0.25) is 4.79 Å². The lowest BCUT2D eigenvalue weighted by Crippen LogP contribution is -2.23. The summed E-state index contributed by atoms with van der Waals surface area (Å²) in [4.78, 5) is 19.0. The van der Waals surface area contributed by atoms with Gasteiger partial charge < -0.3 is 4.90 Å². The van der Waals surface area contributed by atoms with Crippen LogP contribution >= 0.6 is 11.3 Å². The molecule has 20 heavy (non-hydrogen) atoms. The summed E-state index contributed by atoms with van der Waals surface area (Å²) in [7, 11) is 0. The fraction of sp³-hybridized carbons (Fsp3) is 0.375. The molecule has 106 valence electrons. The summed E-state index contributed by atoms with van der Waals surface area (Å²) in [6, 6.07) is 9.40. The Balaban J connectivity index is 2.04. The van der Waals surface area contributed by atoms with E-state index in [-0.39, 0.29) is 5.78 Å². The summed E-state index contributed by atoms with van der Waals surface area (Å²) in [5.41, 5.74) is 1.62. The number of rotatable bonds is 7. The van der Waals surface area contributed by atoms with Gasteiger partial charge in [0.2, 0.25) is 0 Å². The third-order valence-corrected chi connectivity index (χ3v) is 4.07. The standard InChI is InChI=1S/C16H20N2OS/c1-3-10-18(4-2)16-17-14(12-20-16)11-15(19)13-8-6-5-7-9-13/h5-9,12H,3-4,10-11H2,1-2H3. The van der Waals surface area contributed by atoms with Crippen molar-refractivity contribution >= 4 is 22.3 Å². The van der Waals surface area contributed by atoms with E-state index in [0.29, 0.717) is 6.42 Å². The number of Topliss-reactive ketones (excluding diaryl/α,β-unsaturated/α-hetero) is 1. The molecule has 0 N–H and O–H groups in total. The van der Waals surface area contributed by atoms with Crippen LogP contribution in [0.25, 0.3) is 0 Å². The SMILES string of the molecule is CCCN(CC)c1nc(CC(=O)c2ccccc2)cs1. The molecule has 0 fully saturated rings. The molecule has 0 spiro atoms. The van der Waals surface area contributed by atoms with Crippen LogP contribution in [0.1, 0.15) is 36.3 Å². The molecule has 0 aliphatic rings. The molecular formula is C16H20N2OS. The molecule has 0 radical (unpaired) electrons. The van der Waals surface area contributed by atoms with Crippen molar-refractivity contribution in [3.63, 3.8) is 0 Å². The molecule has 0 unspecified atom stereocenters. The van der Waals surface area contributed by atoms with Crippen LogP contribution in [0.15, 0.2) is 35.7 Å². The van der Waals surface area contributed by atoms with Gasteiger partial charge in [-0.1, -0.05) is 37.3 Å². The maximum Gasteiger partial charge on any atom is 0.185 e. The van der Waals surface area contributed by atoms with Crippen molar-refractivity contribution in [1.29, 1.82) is 0 Å². The van der Waals surface area contributed by atoms with Crippen molar-refractivity contribution in [1.82, 2.24) is 4.98 Å². The second-order valence-electron chi connectivity index (χ2n) is 4.67. The number of hydrogen-bond acceptors (Lipinski definition) is 4. The van der Waals surface area contributed by atoms with Gasteiger partial charge in [0.25, 0.3) is 0 Å². The molecule has 1 heterocycles. The molecule has 0 saturated carbocycles. The van der Waals surface area contributed by atoms with Crippen molar-refractivity contribution in [2.75, 3.05) is 18.0 Å². The van der Waals surface area contributed by atoms with Crippen LogP contribution in [0.5, 0.6) is 0 Å². The number of hydrogen-bond donors (Lipinski definition) is 0. The minimum Gasteiger partial charge on any atom is -0.348 e. The van der Waals surface area contributed by atoms with Gasteiger partial charge in [0.05, 0.1) is 12.1 Å². The van der Waals surface area contributed by atoms with Crippen LogP contribution in [0.4, 0.5) is 5.13 Å². The van der Waals surface area contributed by atoms with E-state index in [0.717, 1.165) is 35.9 Å². The molecular weight excluding hydrogens is 268 g/mol. The molecule has 0 saturated heterocycles. The molecule has 4 heteroatoms. The Morgan fingerprint density at radius 3 is 2.65 bits per heavy atom. The first-order valence-corrected chi connectivity index (χ1v) is 7.90. The van der Waals surface area contributed by atoms with Crippen LogP contribution in [-0.4, -0.2) is 23.9 Å². The zero-order valence-electron chi connectivity index (χ0n) is 12.0. The monoisotopic (exact) mass is 288 g/mol. The summed E-state index contributed by atoms with van der Waals surface area (Å²) in [6.45, 7) is 6.26. The lowest BCUT2D eigenvalue weighted by molar-refractivity contribution is 0.0992. The van der Waals surface area contributed by atoms with Crippen LogP contribution in [0.3, 0.4) is 0 Å². The minimum absolute atomic E-state index is 0.126. The predicted octanol–water partition coefficient (Wildman–Crippen LogP) is 3.80. The van der Waals surface area contributed by atoms with E-state index in [1.165, 1.54) is 0 Å². The number of carbonyl (C=O) groups excluding carboxylic acids is 1. The predicted molar refractivity (Wildman–Crippen MR) is 84.8 cm³/mol. The van der Waals surface area contributed by atoms with Gasteiger partial charge in [0, 0.05) is 24.0 Å². The summed E-state index contributed by atoms with van der Waals surface area (Å²) in [5, 5.41) is 3.01. The van der Waals surface area contributed by atoms with Crippen LogP contribution in [-0.2, 0) is 6.42 Å². The van der Waals surface area contributed by atoms with Crippen molar-refractivity contribution in [2.24, 2.45) is 0 Å². The fourth-order valence-corrected chi connectivity index (χ4v) is 2.99. The second kappa shape index (κ2) is 7.20. The maximum atomic E-state index is 12.1. The van der Waals surface area contributed by atoms with Gasteiger partial charge in [0.1, 0.15) is 0 Å². The molecule has 0 bridgehead atoms. The Bertz CT molecular complexity index is 551. The number of ketones is 1. The van der Waals surface area contributed by atoms with Gasteiger partial charge in [-0.15, -0.1) is 11.3 Å². The Morgan fingerprint density at radius 2 is 2.00 bits per heavy atom. The fourth-order valence-electron chi connectivity index (χ4n) is 2.07. The van der Waals surface area contributed by atoms with Crippen molar-refractivity contribution in [3.8, 4) is 0 Å². The number of aromatic nitrogens is 1. The van der Waals surface area contributed by atoms with Crippen LogP contribution < -0.4 is 4.90 Å². The van der Waals surface area contributed by atoms with E-state index in [4.69, 9.17) is 0 Å². The number of thiazole rings is 1. The lowest BCUT2D eigenvalue weighted by Gasteiger charge is -2.18. The van der Waals surface area contributed by atoms with Crippen LogP contribution in [0.2, 0.25) is 0 Å². The van der Waals surface area contributed by atoms with E-state index < -0.39 is 0 Å². The first-order valence-electron chi connectivity index (χ1n) is 7.02. The van der Waals surface area contributed by atoms with E-state index in [1.807, 2.05) is 35.7 Å². The molecule has 0 amide bonds. The molecule has 0 aliphatic heterocycles. The summed E-state index contributed by atoms with van der Waals surface area (Å²) >= 11 is 1.62. The van der Waals surface area contributed by atoms with Gasteiger partial charge in [-0.25, -0.2) is 4.98 Å². The number of nitrogens with zero attached hydrogens (tertiary/aromatic N) is 2. The summed E-state index contributed by atoms with van der Waals surface area (Å²) in [6.07, 6.45) is 1.48. The highest BCUT2D eigenvalue weighted by Crippen LogP contribution is 2.21. The van der Waals surface area contributed by atoms with Crippen molar-refractivity contribution in [2.45, 2.75) is 26.7 Å². The Hall–Kier alpha value is -1.68. The van der Waals surface area contributed by atoms with Crippen LogP contribution in [0, 0.1) is 0 Å². The third-order valence-electron chi connectivity index (χ3n) is 3.12. The Kier molecular flexibility index (Phi) is 5.30. The Labute approximate surface area is 124 Å². The number of carbonyl (C=O) groups is 1. The zero-order valence-corrected chi connectivity index (χ0v) is 12.8. The molecule has 2 aromatic rings.